The van der Waals surface area contributed by atoms with Gasteiger partial charge in [-0.15, -0.1) is 22.7 Å². The highest BCUT2D eigenvalue weighted by Gasteiger charge is 2.15. The summed E-state index contributed by atoms with van der Waals surface area (Å²) in [5.41, 5.74) is 0.861. The number of nitrogens with one attached hydrogen (secondary N) is 1. The zero-order chi connectivity index (χ0) is 16.1. The molecule has 0 aliphatic rings. The monoisotopic (exact) mass is 346 g/mol. The van der Waals surface area contributed by atoms with Crippen molar-refractivity contribution < 1.29 is 9.90 Å². The highest BCUT2D eigenvalue weighted by molar-refractivity contribution is 7.20. The van der Waals surface area contributed by atoms with Crippen molar-refractivity contribution in [3.8, 4) is 0 Å². The van der Waals surface area contributed by atoms with Gasteiger partial charge in [0.1, 0.15) is 0 Å². The van der Waals surface area contributed by atoms with E-state index in [2.05, 4.69) is 16.4 Å². The number of hydrogen-bond donors (Lipinski definition) is 2. The number of para-hydroxylation sites is 1. The Labute approximate surface area is 142 Å². The van der Waals surface area contributed by atoms with Gasteiger partial charge in [0, 0.05) is 18.0 Å². The quantitative estimate of drug-likeness (QED) is 0.686. The molecule has 0 bridgehead atoms. The Balaban J connectivity index is 1.57. The van der Waals surface area contributed by atoms with Crippen molar-refractivity contribution in [2.75, 3.05) is 13.2 Å². The number of carbonyl (C=O) groups excluding carboxylic acids is 1. The van der Waals surface area contributed by atoms with Gasteiger partial charge in [-0.25, -0.2) is 4.98 Å². The van der Waals surface area contributed by atoms with Crippen molar-refractivity contribution in [1.82, 2.24) is 10.3 Å². The summed E-state index contributed by atoms with van der Waals surface area (Å²) in [6.07, 6.45) is 1.54. The fraction of sp³-hybridized carbons (Fsp3) is 0.294. The number of nitrogens with zero attached hydrogens (tertiary/aromatic N) is 1. The lowest BCUT2D eigenvalue weighted by Crippen LogP contribution is -2.25. The Morgan fingerprint density at radius 3 is 2.83 bits per heavy atom. The Hall–Kier alpha value is -1.76. The maximum atomic E-state index is 12.2. The third-order valence-electron chi connectivity index (χ3n) is 3.69. The van der Waals surface area contributed by atoms with Crippen LogP contribution in [-0.2, 0) is 0 Å². The van der Waals surface area contributed by atoms with Crippen LogP contribution in [0.4, 0.5) is 0 Å². The largest absolute Gasteiger partial charge is 0.396 e. The molecule has 2 N–H and O–H groups in total. The molecule has 2 heterocycles. The molecule has 120 valence electrons. The summed E-state index contributed by atoms with van der Waals surface area (Å²) >= 11 is 3.11. The summed E-state index contributed by atoms with van der Waals surface area (Å²) in [6, 6.07) is 11.9. The summed E-state index contributed by atoms with van der Waals surface area (Å²) in [4.78, 5) is 17.9. The second-order valence-corrected chi connectivity index (χ2v) is 7.27. The van der Waals surface area contributed by atoms with Gasteiger partial charge in [-0.1, -0.05) is 18.2 Å². The van der Waals surface area contributed by atoms with Crippen LogP contribution in [0.2, 0.25) is 0 Å². The molecule has 1 aromatic carbocycles. The minimum atomic E-state index is -0.125. The van der Waals surface area contributed by atoms with Crippen molar-refractivity contribution >= 4 is 38.8 Å². The SMILES string of the molecule is O=C(NCC[C@H](CCO)c1cccs1)c1nc2ccccc2s1. The van der Waals surface area contributed by atoms with Crippen molar-refractivity contribution in [2.24, 2.45) is 0 Å². The summed E-state index contributed by atoms with van der Waals surface area (Å²) < 4.78 is 1.02. The molecular formula is C17H18N2O2S2. The summed E-state index contributed by atoms with van der Waals surface area (Å²) in [5, 5.41) is 14.7. The molecule has 0 radical (unpaired) electrons. The lowest BCUT2D eigenvalue weighted by Gasteiger charge is -2.14. The summed E-state index contributed by atoms with van der Waals surface area (Å²) in [5.74, 6) is 0.163. The molecule has 6 heteroatoms. The number of benzene rings is 1. The lowest BCUT2D eigenvalue weighted by atomic mass is 10.00. The van der Waals surface area contributed by atoms with Crippen LogP contribution in [0.1, 0.15) is 33.4 Å². The lowest BCUT2D eigenvalue weighted by molar-refractivity contribution is 0.0952. The molecular weight excluding hydrogens is 328 g/mol. The summed E-state index contributed by atoms with van der Waals surface area (Å²) in [7, 11) is 0. The van der Waals surface area contributed by atoms with E-state index >= 15 is 0 Å². The van der Waals surface area contributed by atoms with Crippen LogP contribution in [0, 0.1) is 0 Å². The van der Waals surface area contributed by atoms with E-state index in [9.17, 15) is 9.90 Å². The van der Waals surface area contributed by atoms with Gasteiger partial charge in [-0.2, -0.15) is 0 Å². The van der Waals surface area contributed by atoms with Gasteiger partial charge in [-0.05, 0) is 42.3 Å². The topological polar surface area (TPSA) is 62.2 Å². The van der Waals surface area contributed by atoms with Crippen molar-refractivity contribution in [3.05, 3.63) is 51.7 Å². The smallest absolute Gasteiger partial charge is 0.280 e. The minimum Gasteiger partial charge on any atom is -0.396 e. The zero-order valence-electron chi connectivity index (χ0n) is 12.6. The number of aliphatic hydroxyl groups is 1. The van der Waals surface area contributed by atoms with Crippen molar-refractivity contribution in [1.29, 1.82) is 0 Å². The molecule has 0 unspecified atom stereocenters. The summed E-state index contributed by atoms with van der Waals surface area (Å²) in [6.45, 7) is 0.742. The third-order valence-corrected chi connectivity index (χ3v) is 5.76. The van der Waals surface area contributed by atoms with Gasteiger partial charge in [0.15, 0.2) is 5.01 Å². The van der Waals surface area contributed by atoms with E-state index in [0.717, 1.165) is 23.1 Å². The van der Waals surface area contributed by atoms with E-state index in [1.807, 2.05) is 35.7 Å². The highest BCUT2D eigenvalue weighted by atomic mass is 32.1. The van der Waals surface area contributed by atoms with Crippen molar-refractivity contribution in [2.45, 2.75) is 18.8 Å². The predicted molar refractivity (Wildman–Crippen MR) is 95.3 cm³/mol. The van der Waals surface area contributed by atoms with Gasteiger partial charge >= 0.3 is 0 Å². The maximum absolute atomic E-state index is 12.2. The molecule has 0 fully saturated rings. The number of thiazole rings is 1. The number of rotatable bonds is 7. The first-order valence-corrected chi connectivity index (χ1v) is 9.25. The number of carbonyl (C=O) groups is 1. The molecule has 0 spiro atoms. The van der Waals surface area contributed by atoms with E-state index in [0.29, 0.717) is 11.6 Å². The zero-order valence-corrected chi connectivity index (χ0v) is 14.2. The highest BCUT2D eigenvalue weighted by Crippen LogP contribution is 2.27. The fourth-order valence-corrected chi connectivity index (χ4v) is 4.29. The van der Waals surface area contributed by atoms with Gasteiger partial charge < -0.3 is 10.4 Å². The number of fused-ring (bicyclic) bond motifs is 1. The normalized spacial score (nSPS) is 12.4. The van der Waals surface area contributed by atoms with Crippen LogP contribution in [0.15, 0.2) is 41.8 Å². The number of thiophene rings is 1. The van der Waals surface area contributed by atoms with Crippen LogP contribution in [0.25, 0.3) is 10.2 Å². The first kappa shape index (κ1) is 16.1. The fourth-order valence-electron chi connectivity index (χ4n) is 2.51. The molecule has 0 aliphatic heterocycles. The van der Waals surface area contributed by atoms with E-state index in [-0.39, 0.29) is 18.4 Å². The number of hydrogen-bond acceptors (Lipinski definition) is 5. The van der Waals surface area contributed by atoms with Gasteiger partial charge in [0.25, 0.3) is 5.91 Å². The van der Waals surface area contributed by atoms with E-state index in [1.54, 1.807) is 11.3 Å². The maximum Gasteiger partial charge on any atom is 0.280 e. The predicted octanol–water partition coefficient (Wildman–Crippen LogP) is 3.64. The molecule has 2 aromatic heterocycles. The minimum absolute atomic E-state index is 0.125. The average Bonchev–Trinajstić information content (AvgIpc) is 3.23. The van der Waals surface area contributed by atoms with Crippen LogP contribution in [-0.4, -0.2) is 29.1 Å². The second-order valence-electron chi connectivity index (χ2n) is 5.26. The van der Waals surface area contributed by atoms with E-state index in [4.69, 9.17) is 0 Å². The van der Waals surface area contributed by atoms with Crippen LogP contribution in [0.5, 0.6) is 0 Å². The Bertz CT molecular complexity index is 735. The molecule has 0 saturated heterocycles. The molecule has 1 atom stereocenters. The first-order chi connectivity index (χ1) is 11.3. The molecule has 23 heavy (non-hydrogen) atoms. The Morgan fingerprint density at radius 1 is 1.22 bits per heavy atom. The molecule has 3 aromatic rings. The van der Waals surface area contributed by atoms with Crippen molar-refractivity contribution in [3.63, 3.8) is 0 Å². The molecule has 4 nitrogen and oxygen atoms in total. The van der Waals surface area contributed by atoms with E-state index < -0.39 is 0 Å². The molecule has 0 aliphatic carbocycles. The standard InChI is InChI=1S/C17H18N2O2S2/c20-10-8-12(14-6-3-11-22-14)7-9-18-16(21)17-19-13-4-1-2-5-15(13)23-17/h1-6,11-12,20H,7-10H2,(H,18,21)/t12-/m1/s1. The molecule has 1 amide bonds. The number of amides is 1. The Kier molecular flexibility index (Phi) is 5.38. The molecule has 3 rings (SSSR count). The first-order valence-electron chi connectivity index (χ1n) is 7.56. The van der Waals surface area contributed by atoms with E-state index in [1.165, 1.54) is 16.2 Å². The van der Waals surface area contributed by atoms with Crippen LogP contribution >= 0.6 is 22.7 Å². The van der Waals surface area contributed by atoms with Crippen LogP contribution in [0.3, 0.4) is 0 Å². The molecule has 0 saturated carbocycles. The van der Waals surface area contributed by atoms with Gasteiger partial charge in [0.05, 0.1) is 10.2 Å². The number of aliphatic hydroxyl groups excluding tert-OH is 1. The van der Waals surface area contributed by atoms with Gasteiger partial charge in [-0.3, -0.25) is 4.79 Å². The Morgan fingerprint density at radius 2 is 2.09 bits per heavy atom. The average molecular weight is 346 g/mol. The third kappa shape index (κ3) is 3.96. The van der Waals surface area contributed by atoms with Gasteiger partial charge in [0.2, 0.25) is 0 Å². The second kappa shape index (κ2) is 7.68. The number of aromatic nitrogens is 1. The van der Waals surface area contributed by atoms with Crippen LogP contribution < -0.4 is 5.32 Å².